The van der Waals surface area contributed by atoms with E-state index in [9.17, 15) is 13.2 Å². The summed E-state index contributed by atoms with van der Waals surface area (Å²) in [7, 11) is -3.71. The van der Waals surface area contributed by atoms with Gasteiger partial charge in [0.05, 0.1) is 4.90 Å². The van der Waals surface area contributed by atoms with Crippen LogP contribution in [0.3, 0.4) is 0 Å². The van der Waals surface area contributed by atoms with Crippen molar-refractivity contribution in [1.82, 2.24) is 9.62 Å². The lowest BCUT2D eigenvalue weighted by molar-refractivity contribution is -0.134. The fourth-order valence-electron chi connectivity index (χ4n) is 3.17. The highest BCUT2D eigenvalue weighted by atomic mass is 32.2. The number of piperidine rings is 1. The van der Waals surface area contributed by atoms with Crippen LogP contribution in [-0.4, -0.2) is 38.4 Å². The molecule has 1 aliphatic heterocycles. The van der Waals surface area contributed by atoms with Crippen LogP contribution in [0.2, 0.25) is 0 Å². The van der Waals surface area contributed by atoms with Crippen LogP contribution in [0.5, 0.6) is 0 Å². The van der Waals surface area contributed by atoms with Crippen LogP contribution >= 0.6 is 0 Å². The summed E-state index contributed by atoms with van der Waals surface area (Å²) in [5.41, 5.74) is 1.09. The first-order valence-corrected chi connectivity index (χ1v) is 10.7. The van der Waals surface area contributed by atoms with Crippen molar-refractivity contribution >= 4 is 15.9 Å². The van der Waals surface area contributed by atoms with Gasteiger partial charge in [0.25, 0.3) is 0 Å². The van der Waals surface area contributed by atoms with E-state index in [4.69, 9.17) is 0 Å². The summed E-state index contributed by atoms with van der Waals surface area (Å²) < 4.78 is 28.1. The molecule has 1 N–H and O–H groups in total. The summed E-state index contributed by atoms with van der Waals surface area (Å²) in [6, 6.07) is 6.16. The van der Waals surface area contributed by atoms with Gasteiger partial charge in [-0.3, -0.25) is 4.79 Å². The number of carbonyl (C=O) groups excluding carboxylic acids is 1. The number of rotatable bonds is 7. The molecule has 1 aliphatic rings. The van der Waals surface area contributed by atoms with Crippen molar-refractivity contribution < 1.29 is 13.2 Å². The van der Waals surface area contributed by atoms with Crippen LogP contribution in [0.15, 0.2) is 29.2 Å². The molecule has 1 heterocycles. The molecule has 25 heavy (non-hydrogen) atoms. The van der Waals surface area contributed by atoms with Gasteiger partial charge in [-0.2, -0.15) is 4.72 Å². The Kier molecular flexibility index (Phi) is 7.02. The third-order valence-corrected chi connectivity index (χ3v) is 6.10. The average Bonchev–Trinajstić information content (AvgIpc) is 2.60. The third-order valence-electron chi connectivity index (χ3n) is 4.61. The molecule has 1 fully saturated rings. The van der Waals surface area contributed by atoms with E-state index < -0.39 is 16.1 Å². The Morgan fingerprint density at radius 1 is 1.12 bits per heavy atom. The number of amides is 1. The molecule has 0 spiro atoms. The molecule has 140 valence electrons. The number of benzene rings is 1. The van der Waals surface area contributed by atoms with Gasteiger partial charge in [0.2, 0.25) is 15.9 Å². The molecule has 0 aliphatic carbocycles. The van der Waals surface area contributed by atoms with Gasteiger partial charge in [-0.25, -0.2) is 8.42 Å². The molecule has 1 saturated heterocycles. The molecule has 0 radical (unpaired) electrons. The zero-order valence-electron chi connectivity index (χ0n) is 15.5. The van der Waals surface area contributed by atoms with E-state index in [1.54, 1.807) is 17.0 Å². The van der Waals surface area contributed by atoms with E-state index in [2.05, 4.69) is 4.72 Å². The first-order valence-electron chi connectivity index (χ1n) is 9.23. The largest absolute Gasteiger partial charge is 0.341 e. The van der Waals surface area contributed by atoms with E-state index in [0.717, 1.165) is 44.3 Å². The number of hydrogen-bond acceptors (Lipinski definition) is 3. The topological polar surface area (TPSA) is 66.5 Å². The second kappa shape index (κ2) is 8.81. The lowest BCUT2D eigenvalue weighted by Gasteiger charge is -2.31. The molecule has 1 aromatic rings. The van der Waals surface area contributed by atoms with Gasteiger partial charge in [0.15, 0.2) is 0 Å². The number of carbonyl (C=O) groups is 1. The normalized spacial score (nSPS) is 16.9. The quantitative estimate of drug-likeness (QED) is 0.807. The summed E-state index contributed by atoms with van der Waals surface area (Å²) in [5, 5.41) is 0. The number of nitrogens with one attached hydrogen (secondary N) is 1. The molecule has 0 bridgehead atoms. The van der Waals surface area contributed by atoms with Gasteiger partial charge in [-0.1, -0.05) is 32.9 Å². The molecule has 1 aromatic carbocycles. The number of likely N-dealkylation sites (tertiary alicyclic amines) is 1. The Balaban J connectivity index is 2.17. The van der Waals surface area contributed by atoms with Crippen molar-refractivity contribution in [3.8, 4) is 0 Å². The Morgan fingerprint density at radius 2 is 1.72 bits per heavy atom. The smallest absolute Gasteiger partial charge is 0.241 e. The van der Waals surface area contributed by atoms with E-state index in [1.807, 2.05) is 32.9 Å². The SMILES string of the molecule is CCc1ccc(S(=O)(=O)N[C@@H](CC(C)C)C(=O)N2CCCCC2)cc1. The Bertz CT molecular complexity index is 662. The van der Waals surface area contributed by atoms with Crippen molar-refractivity contribution in [1.29, 1.82) is 0 Å². The lowest BCUT2D eigenvalue weighted by atomic mass is 10.0. The standard InChI is InChI=1S/C19H30N2O3S/c1-4-16-8-10-17(11-9-16)25(23,24)20-18(14-15(2)3)19(22)21-12-6-5-7-13-21/h8-11,15,18,20H,4-7,12-14H2,1-3H3/t18-/m0/s1. The van der Waals surface area contributed by atoms with Crippen LogP contribution in [0, 0.1) is 5.92 Å². The van der Waals surface area contributed by atoms with Crippen molar-refractivity contribution in [2.75, 3.05) is 13.1 Å². The Labute approximate surface area is 151 Å². The van der Waals surface area contributed by atoms with Crippen LogP contribution in [0.4, 0.5) is 0 Å². The second-order valence-electron chi connectivity index (χ2n) is 7.19. The van der Waals surface area contributed by atoms with Crippen molar-refractivity contribution in [3.05, 3.63) is 29.8 Å². The summed E-state index contributed by atoms with van der Waals surface area (Å²) in [5.74, 6) is 0.131. The Hall–Kier alpha value is -1.40. The van der Waals surface area contributed by atoms with Crippen LogP contribution in [0.1, 0.15) is 52.0 Å². The lowest BCUT2D eigenvalue weighted by Crippen LogP contribution is -2.50. The Morgan fingerprint density at radius 3 is 2.24 bits per heavy atom. The van der Waals surface area contributed by atoms with Crippen molar-refractivity contribution in [2.24, 2.45) is 5.92 Å². The molecule has 0 unspecified atom stereocenters. The summed E-state index contributed by atoms with van der Waals surface area (Å²) in [6.07, 6.45) is 4.48. The monoisotopic (exact) mass is 366 g/mol. The fraction of sp³-hybridized carbons (Fsp3) is 0.632. The van der Waals surface area contributed by atoms with Crippen LogP contribution < -0.4 is 4.72 Å². The number of aryl methyl sites for hydroxylation is 1. The minimum Gasteiger partial charge on any atom is -0.341 e. The third kappa shape index (κ3) is 5.54. The van der Waals surface area contributed by atoms with Crippen molar-refractivity contribution in [3.63, 3.8) is 0 Å². The summed E-state index contributed by atoms with van der Waals surface area (Å²) in [6.45, 7) is 7.47. The van der Waals surface area contributed by atoms with Gasteiger partial charge >= 0.3 is 0 Å². The molecule has 0 aromatic heterocycles. The van der Waals surface area contributed by atoms with Gasteiger partial charge < -0.3 is 4.90 Å². The summed E-state index contributed by atoms with van der Waals surface area (Å²) >= 11 is 0. The highest BCUT2D eigenvalue weighted by Gasteiger charge is 2.30. The molecule has 0 saturated carbocycles. The van der Waals surface area contributed by atoms with Crippen molar-refractivity contribution in [2.45, 2.75) is 63.8 Å². The average molecular weight is 367 g/mol. The molecule has 2 rings (SSSR count). The van der Waals surface area contributed by atoms with Gasteiger partial charge in [-0.15, -0.1) is 0 Å². The maximum Gasteiger partial charge on any atom is 0.241 e. The van der Waals surface area contributed by atoms with E-state index in [-0.39, 0.29) is 16.7 Å². The zero-order chi connectivity index (χ0) is 18.4. The minimum absolute atomic E-state index is 0.0952. The molecule has 6 heteroatoms. The first kappa shape index (κ1) is 19.9. The summed E-state index contributed by atoms with van der Waals surface area (Å²) in [4.78, 5) is 14.9. The predicted octanol–water partition coefficient (Wildman–Crippen LogP) is 2.95. The predicted molar refractivity (Wildman–Crippen MR) is 99.8 cm³/mol. The van der Waals surface area contributed by atoms with Gasteiger partial charge in [-0.05, 0) is 55.7 Å². The van der Waals surface area contributed by atoms with Gasteiger partial charge in [0.1, 0.15) is 6.04 Å². The maximum atomic E-state index is 12.8. The van der Waals surface area contributed by atoms with Gasteiger partial charge in [0, 0.05) is 13.1 Å². The number of nitrogens with zero attached hydrogens (tertiary/aromatic N) is 1. The molecule has 5 nitrogen and oxygen atoms in total. The minimum atomic E-state index is -3.71. The maximum absolute atomic E-state index is 12.8. The second-order valence-corrected chi connectivity index (χ2v) is 8.90. The zero-order valence-corrected chi connectivity index (χ0v) is 16.3. The fourth-order valence-corrected chi connectivity index (χ4v) is 4.37. The van der Waals surface area contributed by atoms with E-state index in [1.165, 1.54) is 0 Å². The number of hydrogen-bond donors (Lipinski definition) is 1. The molecule has 1 amide bonds. The highest BCUT2D eigenvalue weighted by Crippen LogP contribution is 2.17. The highest BCUT2D eigenvalue weighted by molar-refractivity contribution is 7.89. The van der Waals surface area contributed by atoms with E-state index >= 15 is 0 Å². The van der Waals surface area contributed by atoms with Crippen LogP contribution in [0.25, 0.3) is 0 Å². The molecular formula is C19H30N2O3S. The molecular weight excluding hydrogens is 336 g/mol. The molecule has 1 atom stereocenters. The van der Waals surface area contributed by atoms with Crippen LogP contribution in [-0.2, 0) is 21.2 Å². The van der Waals surface area contributed by atoms with E-state index in [0.29, 0.717) is 6.42 Å². The first-order chi connectivity index (χ1) is 11.8. The number of sulfonamides is 1.